The maximum atomic E-state index is 11.1. The Bertz CT molecular complexity index is 1380. The third kappa shape index (κ3) is 4.75. The van der Waals surface area contributed by atoms with Crippen molar-refractivity contribution in [2.75, 3.05) is 0 Å². The van der Waals surface area contributed by atoms with Gasteiger partial charge < -0.3 is 13.9 Å². The molecule has 0 radical (unpaired) electrons. The number of benzene rings is 3. The molecule has 0 N–H and O–H groups in total. The van der Waals surface area contributed by atoms with E-state index in [1.807, 2.05) is 66.7 Å². The normalized spacial score (nSPS) is 10.8. The topological polar surface area (TPSA) is 74.5 Å². The molecule has 0 aliphatic carbocycles. The van der Waals surface area contributed by atoms with Crippen molar-refractivity contribution in [3.63, 3.8) is 0 Å². The third-order valence-electron chi connectivity index (χ3n) is 5.06. The monoisotopic (exact) mass is 436 g/mol. The Kier molecular flexibility index (Phi) is 5.80. The quantitative estimate of drug-likeness (QED) is 0.284. The fourth-order valence-electron chi connectivity index (χ4n) is 3.36. The van der Waals surface area contributed by atoms with E-state index in [0.717, 1.165) is 17.4 Å². The summed E-state index contributed by atoms with van der Waals surface area (Å²) in [6, 6.07) is 28.4. The minimum atomic E-state index is 0.332. The van der Waals surface area contributed by atoms with Gasteiger partial charge in [0.2, 0.25) is 17.7 Å². The summed E-state index contributed by atoms with van der Waals surface area (Å²) in [5.41, 5.74) is 4.34. The lowest BCUT2D eigenvalue weighted by atomic mass is 10.2. The molecule has 0 aliphatic heterocycles. The first-order valence-corrected chi connectivity index (χ1v) is 10.5. The zero-order chi connectivity index (χ0) is 22.5. The van der Waals surface area contributed by atoms with Gasteiger partial charge >= 0.3 is 0 Å². The van der Waals surface area contributed by atoms with Crippen LogP contribution in [0.2, 0.25) is 0 Å². The molecule has 0 amide bonds. The van der Waals surface area contributed by atoms with Crippen LogP contribution in [-0.2, 0) is 13.2 Å². The van der Waals surface area contributed by atoms with Gasteiger partial charge in [-0.25, -0.2) is 4.98 Å². The minimum absolute atomic E-state index is 0.332. The van der Waals surface area contributed by atoms with E-state index in [9.17, 15) is 4.79 Å². The van der Waals surface area contributed by atoms with Crippen molar-refractivity contribution in [2.45, 2.75) is 13.2 Å². The van der Waals surface area contributed by atoms with Crippen LogP contribution in [0.3, 0.4) is 0 Å². The summed E-state index contributed by atoms with van der Waals surface area (Å²) in [7, 11) is 0. The highest BCUT2D eigenvalue weighted by molar-refractivity contribution is 5.85. The van der Waals surface area contributed by atoms with Gasteiger partial charge in [-0.3, -0.25) is 4.79 Å². The smallest absolute Gasteiger partial charge is 0.232 e. The summed E-state index contributed by atoms with van der Waals surface area (Å²) in [6.45, 7) is 0.723. The number of aldehydes is 1. The van der Waals surface area contributed by atoms with Crippen LogP contribution in [0.4, 0.5) is 0 Å². The van der Waals surface area contributed by atoms with Crippen LogP contribution in [0, 0.1) is 0 Å². The molecule has 2 heterocycles. The molecule has 2 aromatic heterocycles. The number of nitrogens with zero attached hydrogens (tertiary/aromatic N) is 2. The molecule has 5 aromatic rings. The van der Waals surface area contributed by atoms with Gasteiger partial charge in [-0.15, -0.1) is 0 Å². The summed E-state index contributed by atoms with van der Waals surface area (Å²) in [5, 5.41) is 0. The fraction of sp³-hybridized carbons (Fsp3) is 0.0741. The van der Waals surface area contributed by atoms with Gasteiger partial charge in [0, 0.05) is 11.6 Å². The van der Waals surface area contributed by atoms with Crippen molar-refractivity contribution in [3.8, 4) is 23.2 Å². The number of carbonyl (C=O) groups is 1. The molecule has 0 fully saturated rings. The van der Waals surface area contributed by atoms with E-state index in [4.69, 9.17) is 13.9 Å². The summed E-state index contributed by atoms with van der Waals surface area (Å²) < 4.78 is 17.9. The number of oxazole rings is 1. The van der Waals surface area contributed by atoms with Gasteiger partial charge in [0.15, 0.2) is 5.58 Å². The van der Waals surface area contributed by atoms with E-state index >= 15 is 0 Å². The zero-order valence-corrected chi connectivity index (χ0v) is 17.7. The van der Waals surface area contributed by atoms with Crippen molar-refractivity contribution >= 4 is 17.4 Å². The average Bonchev–Trinajstić information content (AvgIpc) is 3.30. The highest BCUT2D eigenvalue weighted by Crippen LogP contribution is 2.33. The Labute approximate surface area is 190 Å². The van der Waals surface area contributed by atoms with E-state index in [-0.39, 0.29) is 0 Å². The summed E-state index contributed by atoms with van der Waals surface area (Å²) in [6.07, 6.45) is 0.774. The Morgan fingerprint density at radius 3 is 2.15 bits per heavy atom. The fourth-order valence-corrected chi connectivity index (χ4v) is 3.36. The molecule has 0 saturated carbocycles. The van der Waals surface area contributed by atoms with Crippen LogP contribution in [0.15, 0.2) is 95.4 Å². The summed E-state index contributed by atoms with van der Waals surface area (Å²) in [5.74, 6) is 1.15. The number of aromatic nitrogens is 2. The average molecular weight is 436 g/mol. The molecule has 33 heavy (non-hydrogen) atoms. The van der Waals surface area contributed by atoms with Gasteiger partial charge in [-0.1, -0.05) is 60.7 Å². The predicted molar refractivity (Wildman–Crippen MR) is 124 cm³/mol. The number of rotatable bonds is 8. The number of hydrogen-bond acceptors (Lipinski definition) is 6. The second-order valence-corrected chi connectivity index (χ2v) is 7.41. The van der Waals surface area contributed by atoms with E-state index in [1.165, 1.54) is 0 Å². The first-order chi connectivity index (χ1) is 16.3. The highest BCUT2D eigenvalue weighted by Gasteiger charge is 2.17. The van der Waals surface area contributed by atoms with Crippen LogP contribution >= 0.6 is 0 Å². The number of carbonyl (C=O) groups excluding carboxylic acids is 1. The first kappa shape index (κ1) is 20.5. The SMILES string of the molecule is O=Cc1ccc2nc(-c3ccc(OCc4ccccc4)nc3OCc3ccccc3)oc2c1. The summed E-state index contributed by atoms with van der Waals surface area (Å²) in [4.78, 5) is 20.2. The maximum Gasteiger partial charge on any atom is 0.232 e. The van der Waals surface area contributed by atoms with Gasteiger partial charge in [-0.2, -0.15) is 4.98 Å². The van der Waals surface area contributed by atoms with Crippen LogP contribution in [0.1, 0.15) is 21.5 Å². The summed E-state index contributed by atoms with van der Waals surface area (Å²) >= 11 is 0. The van der Waals surface area contributed by atoms with Crippen LogP contribution in [0.5, 0.6) is 11.8 Å². The van der Waals surface area contributed by atoms with E-state index in [2.05, 4.69) is 9.97 Å². The van der Waals surface area contributed by atoms with E-state index in [1.54, 1.807) is 24.3 Å². The second kappa shape index (κ2) is 9.36. The van der Waals surface area contributed by atoms with Crippen LogP contribution in [-0.4, -0.2) is 16.3 Å². The van der Waals surface area contributed by atoms with Crippen molar-refractivity contribution < 1.29 is 18.7 Å². The van der Waals surface area contributed by atoms with Gasteiger partial charge in [0.05, 0.1) is 5.56 Å². The molecule has 162 valence electrons. The molecule has 0 aliphatic rings. The van der Waals surface area contributed by atoms with Crippen molar-refractivity contribution in [3.05, 3.63) is 108 Å². The predicted octanol–water partition coefficient (Wildman–Crippen LogP) is 5.86. The Morgan fingerprint density at radius 1 is 0.758 bits per heavy atom. The van der Waals surface area contributed by atoms with Crippen LogP contribution in [0.25, 0.3) is 22.6 Å². The Hall–Kier alpha value is -4.45. The highest BCUT2D eigenvalue weighted by atomic mass is 16.5. The lowest BCUT2D eigenvalue weighted by molar-refractivity contribution is 0.112. The van der Waals surface area contributed by atoms with Crippen molar-refractivity contribution in [1.82, 2.24) is 9.97 Å². The molecule has 0 unspecified atom stereocenters. The number of pyridine rings is 1. The molecular formula is C27H20N2O4. The molecule has 6 heteroatoms. The molecule has 3 aromatic carbocycles. The Balaban J connectivity index is 1.46. The first-order valence-electron chi connectivity index (χ1n) is 10.5. The van der Waals surface area contributed by atoms with E-state index < -0.39 is 0 Å². The molecule has 6 nitrogen and oxygen atoms in total. The zero-order valence-electron chi connectivity index (χ0n) is 17.7. The molecule has 5 rings (SSSR count). The maximum absolute atomic E-state index is 11.1. The molecule has 0 atom stereocenters. The number of hydrogen-bond donors (Lipinski definition) is 0. The standard InChI is InChI=1S/C27H20N2O4/c30-16-21-11-13-23-24(15-21)33-27(28-23)22-12-14-25(31-17-19-7-3-1-4-8-19)29-26(22)32-18-20-9-5-2-6-10-20/h1-16H,17-18H2. The largest absolute Gasteiger partial charge is 0.473 e. The molecule has 0 saturated heterocycles. The molecule has 0 bridgehead atoms. The lowest BCUT2D eigenvalue weighted by Crippen LogP contribution is -2.02. The van der Waals surface area contributed by atoms with Gasteiger partial charge in [0.25, 0.3) is 0 Å². The van der Waals surface area contributed by atoms with Crippen LogP contribution < -0.4 is 9.47 Å². The van der Waals surface area contributed by atoms with Crippen molar-refractivity contribution in [1.29, 1.82) is 0 Å². The minimum Gasteiger partial charge on any atom is -0.473 e. The van der Waals surface area contributed by atoms with Gasteiger partial charge in [0.1, 0.15) is 25.0 Å². The third-order valence-corrected chi connectivity index (χ3v) is 5.06. The second-order valence-electron chi connectivity index (χ2n) is 7.41. The molecular weight excluding hydrogens is 416 g/mol. The number of ether oxygens (including phenoxy) is 2. The lowest BCUT2D eigenvalue weighted by Gasteiger charge is -2.11. The van der Waals surface area contributed by atoms with E-state index in [0.29, 0.717) is 53.1 Å². The van der Waals surface area contributed by atoms with Gasteiger partial charge in [-0.05, 0) is 35.4 Å². The molecule has 0 spiro atoms. The van der Waals surface area contributed by atoms with Crippen molar-refractivity contribution in [2.24, 2.45) is 0 Å². The number of fused-ring (bicyclic) bond motifs is 1. The Morgan fingerprint density at radius 2 is 1.45 bits per heavy atom.